The standard InChI is InChI=1S/C15H23NO3/c1-4-12-5-7-13(8-6-12)19-10-15(18)16-9-14(17)11(2)3/h5-8,11,14,17H,4,9-10H2,1-3H3,(H,16,18). The number of hydrogen-bond donors (Lipinski definition) is 2. The molecule has 4 nitrogen and oxygen atoms in total. The topological polar surface area (TPSA) is 58.6 Å². The van der Waals surface area contributed by atoms with Gasteiger partial charge < -0.3 is 15.2 Å². The zero-order chi connectivity index (χ0) is 14.3. The van der Waals surface area contributed by atoms with Crippen LogP contribution in [-0.2, 0) is 11.2 Å². The molecule has 0 heterocycles. The highest BCUT2D eigenvalue weighted by molar-refractivity contribution is 5.77. The third-order valence-electron chi connectivity index (χ3n) is 2.98. The van der Waals surface area contributed by atoms with Crippen molar-refractivity contribution in [3.63, 3.8) is 0 Å². The molecular formula is C15H23NO3. The molecule has 1 unspecified atom stereocenters. The average molecular weight is 265 g/mol. The fraction of sp³-hybridized carbons (Fsp3) is 0.533. The van der Waals surface area contributed by atoms with Crippen molar-refractivity contribution in [3.8, 4) is 5.75 Å². The maximum absolute atomic E-state index is 11.5. The molecule has 1 aromatic rings. The number of aliphatic hydroxyl groups excluding tert-OH is 1. The van der Waals surface area contributed by atoms with E-state index in [-0.39, 0.29) is 25.0 Å². The Morgan fingerprint density at radius 2 is 1.95 bits per heavy atom. The number of aliphatic hydroxyl groups is 1. The molecule has 0 saturated carbocycles. The van der Waals surface area contributed by atoms with Crippen molar-refractivity contribution < 1.29 is 14.6 Å². The van der Waals surface area contributed by atoms with Crippen LogP contribution in [0.5, 0.6) is 5.75 Å². The van der Waals surface area contributed by atoms with E-state index in [9.17, 15) is 9.90 Å². The van der Waals surface area contributed by atoms with Gasteiger partial charge in [0.25, 0.3) is 5.91 Å². The monoisotopic (exact) mass is 265 g/mol. The SMILES string of the molecule is CCc1ccc(OCC(=O)NCC(O)C(C)C)cc1. The van der Waals surface area contributed by atoms with Crippen LogP contribution in [0.25, 0.3) is 0 Å². The minimum absolute atomic E-state index is 0.0315. The van der Waals surface area contributed by atoms with Crippen LogP contribution in [0.3, 0.4) is 0 Å². The molecule has 2 N–H and O–H groups in total. The molecule has 0 fully saturated rings. The number of benzene rings is 1. The zero-order valence-electron chi connectivity index (χ0n) is 11.8. The lowest BCUT2D eigenvalue weighted by atomic mass is 10.1. The first-order valence-corrected chi connectivity index (χ1v) is 6.69. The third-order valence-corrected chi connectivity index (χ3v) is 2.98. The van der Waals surface area contributed by atoms with Gasteiger partial charge >= 0.3 is 0 Å². The molecule has 1 amide bonds. The summed E-state index contributed by atoms with van der Waals surface area (Å²) in [5.74, 6) is 0.582. The van der Waals surface area contributed by atoms with Crippen molar-refractivity contribution in [1.29, 1.82) is 0 Å². The smallest absolute Gasteiger partial charge is 0.258 e. The van der Waals surface area contributed by atoms with Crippen molar-refractivity contribution in [2.75, 3.05) is 13.2 Å². The fourth-order valence-corrected chi connectivity index (χ4v) is 1.48. The molecule has 1 atom stereocenters. The van der Waals surface area contributed by atoms with E-state index in [1.54, 1.807) is 0 Å². The van der Waals surface area contributed by atoms with Crippen LogP contribution in [0.1, 0.15) is 26.3 Å². The number of hydrogen-bond acceptors (Lipinski definition) is 3. The van der Waals surface area contributed by atoms with Gasteiger partial charge in [-0.15, -0.1) is 0 Å². The van der Waals surface area contributed by atoms with Gasteiger partial charge in [0.2, 0.25) is 0 Å². The van der Waals surface area contributed by atoms with E-state index >= 15 is 0 Å². The number of aryl methyl sites for hydroxylation is 1. The summed E-state index contributed by atoms with van der Waals surface area (Å²) in [7, 11) is 0. The highest BCUT2D eigenvalue weighted by atomic mass is 16.5. The number of ether oxygens (including phenoxy) is 1. The summed E-state index contributed by atoms with van der Waals surface area (Å²) in [6, 6.07) is 7.68. The van der Waals surface area contributed by atoms with E-state index in [1.165, 1.54) is 5.56 Å². The summed E-state index contributed by atoms with van der Waals surface area (Å²) >= 11 is 0. The summed E-state index contributed by atoms with van der Waals surface area (Å²) in [6.07, 6.45) is 0.459. The first-order chi connectivity index (χ1) is 9.02. The maximum atomic E-state index is 11.5. The maximum Gasteiger partial charge on any atom is 0.258 e. The Bertz CT molecular complexity index is 387. The fourth-order valence-electron chi connectivity index (χ4n) is 1.48. The molecule has 19 heavy (non-hydrogen) atoms. The zero-order valence-corrected chi connectivity index (χ0v) is 11.8. The highest BCUT2D eigenvalue weighted by Crippen LogP contribution is 2.12. The lowest BCUT2D eigenvalue weighted by Gasteiger charge is -2.15. The quantitative estimate of drug-likeness (QED) is 0.790. The second-order valence-corrected chi connectivity index (χ2v) is 4.90. The van der Waals surface area contributed by atoms with E-state index in [4.69, 9.17) is 4.74 Å². The van der Waals surface area contributed by atoms with Crippen molar-refractivity contribution in [2.24, 2.45) is 5.92 Å². The summed E-state index contributed by atoms with van der Waals surface area (Å²) in [5.41, 5.74) is 1.23. The molecule has 0 aliphatic rings. The molecule has 0 saturated heterocycles. The molecule has 4 heteroatoms. The second-order valence-electron chi connectivity index (χ2n) is 4.90. The van der Waals surface area contributed by atoms with E-state index in [1.807, 2.05) is 38.1 Å². The molecule has 1 aromatic carbocycles. The van der Waals surface area contributed by atoms with Crippen LogP contribution in [0, 0.1) is 5.92 Å². The van der Waals surface area contributed by atoms with E-state index in [0.717, 1.165) is 6.42 Å². The molecule has 0 aromatic heterocycles. The number of amides is 1. The van der Waals surface area contributed by atoms with E-state index in [2.05, 4.69) is 12.2 Å². The minimum atomic E-state index is -0.521. The summed E-state index contributed by atoms with van der Waals surface area (Å²) < 4.78 is 5.37. The Hall–Kier alpha value is -1.55. The van der Waals surface area contributed by atoms with Crippen molar-refractivity contribution in [1.82, 2.24) is 5.32 Å². The van der Waals surface area contributed by atoms with Gasteiger partial charge in [-0.3, -0.25) is 4.79 Å². The van der Waals surface area contributed by atoms with Crippen LogP contribution < -0.4 is 10.1 Å². The first-order valence-electron chi connectivity index (χ1n) is 6.69. The summed E-state index contributed by atoms with van der Waals surface area (Å²) in [5, 5.41) is 12.2. The lowest BCUT2D eigenvalue weighted by Crippen LogP contribution is -2.37. The minimum Gasteiger partial charge on any atom is -0.484 e. The van der Waals surface area contributed by atoms with Gasteiger partial charge in [-0.25, -0.2) is 0 Å². The summed E-state index contributed by atoms with van der Waals surface area (Å²) in [6.45, 7) is 6.12. The number of nitrogens with one attached hydrogen (secondary N) is 1. The number of carbonyl (C=O) groups is 1. The van der Waals surface area contributed by atoms with Gasteiger partial charge in [-0.2, -0.15) is 0 Å². The Morgan fingerprint density at radius 1 is 1.32 bits per heavy atom. The first kappa shape index (κ1) is 15.5. The molecule has 106 valence electrons. The predicted octanol–water partition coefficient (Wildman–Crippen LogP) is 1.76. The third kappa shape index (κ3) is 5.75. The highest BCUT2D eigenvalue weighted by Gasteiger charge is 2.10. The molecule has 0 spiro atoms. The van der Waals surface area contributed by atoms with Crippen LogP contribution >= 0.6 is 0 Å². The lowest BCUT2D eigenvalue weighted by molar-refractivity contribution is -0.123. The van der Waals surface area contributed by atoms with Crippen molar-refractivity contribution in [3.05, 3.63) is 29.8 Å². The molecule has 0 aliphatic carbocycles. The molecular weight excluding hydrogens is 242 g/mol. The van der Waals surface area contributed by atoms with E-state index in [0.29, 0.717) is 5.75 Å². The van der Waals surface area contributed by atoms with Gasteiger partial charge in [0, 0.05) is 6.54 Å². The van der Waals surface area contributed by atoms with Crippen LogP contribution in [-0.4, -0.2) is 30.3 Å². The Kier molecular flexibility index (Phi) is 6.36. The molecule has 0 bridgehead atoms. The second kappa shape index (κ2) is 7.79. The van der Waals surface area contributed by atoms with Crippen molar-refractivity contribution in [2.45, 2.75) is 33.3 Å². The number of rotatable bonds is 7. The van der Waals surface area contributed by atoms with Gasteiger partial charge in [0.1, 0.15) is 5.75 Å². The Balaban J connectivity index is 2.29. The van der Waals surface area contributed by atoms with Crippen LogP contribution in [0.15, 0.2) is 24.3 Å². The Labute approximate surface area is 114 Å². The predicted molar refractivity (Wildman–Crippen MR) is 75.2 cm³/mol. The van der Waals surface area contributed by atoms with Gasteiger partial charge in [0.15, 0.2) is 6.61 Å². The van der Waals surface area contributed by atoms with Gasteiger partial charge in [-0.05, 0) is 30.0 Å². The van der Waals surface area contributed by atoms with Gasteiger partial charge in [-0.1, -0.05) is 32.9 Å². The molecule has 1 rings (SSSR count). The Morgan fingerprint density at radius 3 is 2.47 bits per heavy atom. The van der Waals surface area contributed by atoms with Crippen LogP contribution in [0.2, 0.25) is 0 Å². The molecule has 0 radical (unpaired) electrons. The number of carbonyl (C=O) groups excluding carboxylic acids is 1. The van der Waals surface area contributed by atoms with Crippen molar-refractivity contribution >= 4 is 5.91 Å². The van der Waals surface area contributed by atoms with Crippen LogP contribution in [0.4, 0.5) is 0 Å². The normalized spacial score (nSPS) is 12.3. The van der Waals surface area contributed by atoms with E-state index < -0.39 is 6.10 Å². The summed E-state index contributed by atoms with van der Waals surface area (Å²) in [4.78, 5) is 11.5. The largest absolute Gasteiger partial charge is 0.484 e. The molecule has 0 aliphatic heterocycles. The van der Waals surface area contributed by atoms with Gasteiger partial charge in [0.05, 0.1) is 6.10 Å². The average Bonchev–Trinajstić information content (AvgIpc) is 2.42.